The van der Waals surface area contributed by atoms with Crippen molar-refractivity contribution in [1.29, 1.82) is 0 Å². The summed E-state index contributed by atoms with van der Waals surface area (Å²) in [6.45, 7) is -0.0604. The summed E-state index contributed by atoms with van der Waals surface area (Å²) in [6.07, 6.45) is 4.21. The molecule has 0 spiro atoms. The van der Waals surface area contributed by atoms with Crippen molar-refractivity contribution in [2.75, 3.05) is 7.11 Å². The van der Waals surface area contributed by atoms with Crippen LogP contribution in [0.15, 0.2) is 65.3 Å². The molecular formula is C21H16FNO5. The third-order valence-electron chi connectivity index (χ3n) is 3.75. The Balaban J connectivity index is 1.53. The molecule has 0 amide bonds. The zero-order chi connectivity index (χ0) is 19.9. The summed E-state index contributed by atoms with van der Waals surface area (Å²) >= 11 is 0. The largest absolute Gasteiger partial charge is 0.465 e. The molecule has 0 bridgehead atoms. The van der Waals surface area contributed by atoms with Crippen LogP contribution in [-0.4, -0.2) is 24.0 Å². The zero-order valence-electron chi connectivity index (χ0n) is 14.9. The van der Waals surface area contributed by atoms with Crippen molar-refractivity contribution in [2.24, 2.45) is 0 Å². The molecule has 28 heavy (non-hydrogen) atoms. The lowest BCUT2D eigenvalue weighted by Crippen LogP contribution is -2.01. The SMILES string of the molecule is COC(=O)c1ccc(/C=C/C(=O)OCc2coc(-c3ccc(F)cc3)n2)cc1. The van der Waals surface area contributed by atoms with Gasteiger partial charge in [-0.1, -0.05) is 12.1 Å². The molecule has 0 fully saturated rings. The molecule has 0 saturated heterocycles. The molecule has 0 saturated carbocycles. The number of benzene rings is 2. The van der Waals surface area contributed by atoms with Crippen molar-refractivity contribution < 1.29 is 27.9 Å². The Hall–Kier alpha value is -3.74. The molecule has 0 aliphatic heterocycles. The Labute approximate surface area is 160 Å². The highest BCUT2D eigenvalue weighted by atomic mass is 19.1. The number of aromatic nitrogens is 1. The lowest BCUT2D eigenvalue weighted by atomic mass is 10.1. The molecule has 2 aromatic carbocycles. The standard InChI is InChI=1S/C21H16FNO5/c1-26-21(25)16-5-2-14(3-6-16)4-11-19(24)27-12-18-13-28-20(23-18)15-7-9-17(22)10-8-15/h2-11,13H,12H2,1H3/b11-4+. The van der Waals surface area contributed by atoms with Crippen LogP contribution in [0.1, 0.15) is 21.6 Å². The summed E-state index contributed by atoms with van der Waals surface area (Å²) in [5, 5.41) is 0. The molecule has 0 radical (unpaired) electrons. The third-order valence-corrected chi connectivity index (χ3v) is 3.75. The number of carbonyl (C=O) groups is 2. The van der Waals surface area contributed by atoms with Crippen LogP contribution in [0.3, 0.4) is 0 Å². The summed E-state index contributed by atoms with van der Waals surface area (Å²) < 4.78 is 28.0. The van der Waals surface area contributed by atoms with E-state index in [1.54, 1.807) is 42.5 Å². The Morgan fingerprint density at radius 1 is 1.11 bits per heavy atom. The van der Waals surface area contributed by atoms with Crippen LogP contribution in [0.2, 0.25) is 0 Å². The van der Waals surface area contributed by atoms with Gasteiger partial charge < -0.3 is 13.9 Å². The number of halogens is 1. The summed E-state index contributed by atoms with van der Waals surface area (Å²) in [7, 11) is 1.31. The number of hydrogen-bond donors (Lipinski definition) is 0. The van der Waals surface area contributed by atoms with E-state index in [4.69, 9.17) is 9.15 Å². The predicted molar refractivity (Wildman–Crippen MR) is 98.5 cm³/mol. The monoisotopic (exact) mass is 381 g/mol. The second kappa shape index (κ2) is 8.77. The van der Waals surface area contributed by atoms with Gasteiger partial charge in [-0.25, -0.2) is 19.0 Å². The van der Waals surface area contributed by atoms with Gasteiger partial charge in [0.2, 0.25) is 5.89 Å². The summed E-state index contributed by atoms with van der Waals surface area (Å²) in [5.74, 6) is -1.02. The van der Waals surface area contributed by atoms with E-state index in [-0.39, 0.29) is 12.4 Å². The number of oxazole rings is 1. The first kappa shape index (κ1) is 19.0. The van der Waals surface area contributed by atoms with Crippen LogP contribution in [0, 0.1) is 5.82 Å². The number of nitrogens with zero attached hydrogens (tertiary/aromatic N) is 1. The Morgan fingerprint density at radius 3 is 2.50 bits per heavy atom. The van der Waals surface area contributed by atoms with Gasteiger partial charge >= 0.3 is 11.9 Å². The molecule has 0 atom stereocenters. The summed E-state index contributed by atoms with van der Waals surface area (Å²) in [6, 6.07) is 12.3. The average Bonchev–Trinajstić information content (AvgIpc) is 3.20. The highest BCUT2D eigenvalue weighted by Gasteiger charge is 2.09. The molecule has 7 heteroatoms. The summed E-state index contributed by atoms with van der Waals surface area (Å²) in [4.78, 5) is 27.4. The molecule has 0 unspecified atom stereocenters. The molecule has 0 N–H and O–H groups in total. The van der Waals surface area contributed by atoms with Gasteiger partial charge in [0.05, 0.1) is 12.7 Å². The average molecular weight is 381 g/mol. The number of hydrogen-bond acceptors (Lipinski definition) is 6. The molecule has 3 rings (SSSR count). The topological polar surface area (TPSA) is 78.6 Å². The van der Waals surface area contributed by atoms with Gasteiger partial charge in [0.15, 0.2) is 0 Å². The Morgan fingerprint density at radius 2 is 1.82 bits per heavy atom. The van der Waals surface area contributed by atoms with Crippen LogP contribution < -0.4 is 0 Å². The highest BCUT2D eigenvalue weighted by molar-refractivity contribution is 5.90. The van der Waals surface area contributed by atoms with Gasteiger partial charge in [-0.2, -0.15) is 0 Å². The minimum atomic E-state index is -0.552. The van der Waals surface area contributed by atoms with Crippen LogP contribution in [0.5, 0.6) is 0 Å². The maximum atomic E-state index is 12.9. The van der Waals surface area contributed by atoms with Gasteiger partial charge in [-0.15, -0.1) is 0 Å². The van der Waals surface area contributed by atoms with Crippen LogP contribution in [0.4, 0.5) is 4.39 Å². The Kier molecular flexibility index (Phi) is 5.96. The fourth-order valence-corrected chi connectivity index (χ4v) is 2.30. The molecular weight excluding hydrogens is 365 g/mol. The fourth-order valence-electron chi connectivity index (χ4n) is 2.30. The van der Waals surface area contributed by atoms with E-state index in [0.29, 0.717) is 22.7 Å². The van der Waals surface area contributed by atoms with E-state index in [2.05, 4.69) is 9.72 Å². The van der Waals surface area contributed by atoms with Crippen molar-refractivity contribution in [3.63, 3.8) is 0 Å². The minimum Gasteiger partial charge on any atom is -0.465 e. The van der Waals surface area contributed by atoms with Gasteiger partial charge in [0, 0.05) is 11.6 Å². The molecule has 1 aromatic heterocycles. The van der Waals surface area contributed by atoms with Crippen LogP contribution in [0.25, 0.3) is 17.5 Å². The van der Waals surface area contributed by atoms with Crippen molar-refractivity contribution in [3.05, 3.63) is 83.5 Å². The minimum absolute atomic E-state index is 0.0604. The summed E-state index contributed by atoms with van der Waals surface area (Å²) in [5.41, 5.74) is 2.20. The molecule has 6 nitrogen and oxygen atoms in total. The van der Waals surface area contributed by atoms with E-state index in [1.807, 2.05) is 0 Å². The second-order valence-corrected chi connectivity index (χ2v) is 5.71. The maximum Gasteiger partial charge on any atom is 0.337 e. The number of ether oxygens (including phenoxy) is 2. The first-order valence-electron chi connectivity index (χ1n) is 8.29. The van der Waals surface area contributed by atoms with E-state index >= 15 is 0 Å². The van der Waals surface area contributed by atoms with Gasteiger partial charge in [0.1, 0.15) is 24.4 Å². The van der Waals surface area contributed by atoms with Crippen molar-refractivity contribution in [3.8, 4) is 11.5 Å². The maximum absolute atomic E-state index is 12.9. The number of rotatable bonds is 6. The third kappa shape index (κ3) is 4.91. The predicted octanol–water partition coefficient (Wildman–Crippen LogP) is 4.02. The normalized spacial score (nSPS) is 10.8. The fraction of sp³-hybridized carbons (Fsp3) is 0.0952. The van der Waals surface area contributed by atoms with Gasteiger partial charge in [-0.05, 0) is 48.0 Å². The molecule has 1 heterocycles. The lowest BCUT2D eigenvalue weighted by Gasteiger charge is -2.00. The quantitative estimate of drug-likeness (QED) is 0.474. The smallest absolute Gasteiger partial charge is 0.337 e. The van der Waals surface area contributed by atoms with Gasteiger partial charge in [0.25, 0.3) is 0 Å². The molecule has 142 valence electrons. The van der Waals surface area contributed by atoms with Crippen molar-refractivity contribution >= 4 is 18.0 Å². The molecule has 3 aromatic rings. The number of carbonyl (C=O) groups excluding carboxylic acids is 2. The van der Waals surface area contributed by atoms with Crippen molar-refractivity contribution in [1.82, 2.24) is 4.98 Å². The van der Waals surface area contributed by atoms with E-state index in [1.165, 1.54) is 31.6 Å². The molecule has 0 aliphatic rings. The van der Waals surface area contributed by atoms with Crippen LogP contribution >= 0.6 is 0 Å². The second-order valence-electron chi connectivity index (χ2n) is 5.71. The number of esters is 2. The lowest BCUT2D eigenvalue weighted by molar-refractivity contribution is -0.139. The van der Waals surface area contributed by atoms with Gasteiger partial charge in [-0.3, -0.25) is 0 Å². The molecule has 0 aliphatic carbocycles. The van der Waals surface area contributed by atoms with E-state index < -0.39 is 11.9 Å². The zero-order valence-corrected chi connectivity index (χ0v) is 14.9. The first-order valence-corrected chi connectivity index (χ1v) is 8.29. The van der Waals surface area contributed by atoms with Crippen molar-refractivity contribution in [2.45, 2.75) is 6.61 Å². The highest BCUT2D eigenvalue weighted by Crippen LogP contribution is 2.19. The van der Waals surface area contributed by atoms with Crippen LogP contribution in [-0.2, 0) is 20.9 Å². The number of methoxy groups -OCH3 is 1. The van der Waals surface area contributed by atoms with E-state index in [0.717, 1.165) is 5.56 Å². The first-order chi connectivity index (χ1) is 13.5. The van der Waals surface area contributed by atoms with E-state index in [9.17, 15) is 14.0 Å². The Bertz CT molecular complexity index is 990.